The van der Waals surface area contributed by atoms with Crippen LogP contribution in [0.3, 0.4) is 0 Å². The zero-order valence-electron chi connectivity index (χ0n) is 10.6. The van der Waals surface area contributed by atoms with Gasteiger partial charge in [0, 0.05) is 5.56 Å². The van der Waals surface area contributed by atoms with Gasteiger partial charge < -0.3 is 4.74 Å². The molecule has 0 heterocycles. The van der Waals surface area contributed by atoms with Gasteiger partial charge in [0.25, 0.3) is 0 Å². The van der Waals surface area contributed by atoms with Gasteiger partial charge in [0.1, 0.15) is 5.75 Å². The molecule has 0 bridgehead atoms. The van der Waals surface area contributed by atoms with Crippen LogP contribution in [0.2, 0.25) is 0 Å². The zero-order valence-corrected chi connectivity index (χ0v) is 10.6. The Bertz CT molecular complexity index is 579. The van der Waals surface area contributed by atoms with E-state index < -0.39 is 0 Å². The Morgan fingerprint density at radius 2 is 1.72 bits per heavy atom. The lowest BCUT2D eigenvalue weighted by Crippen LogP contribution is -1.91. The number of rotatable bonds is 3. The van der Waals surface area contributed by atoms with E-state index in [0.29, 0.717) is 6.42 Å². The van der Waals surface area contributed by atoms with Crippen LogP contribution in [0.5, 0.6) is 5.75 Å². The van der Waals surface area contributed by atoms with Crippen LogP contribution < -0.4 is 4.74 Å². The number of ether oxygens (including phenoxy) is 1. The predicted molar refractivity (Wildman–Crippen MR) is 72.5 cm³/mol. The van der Waals surface area contributed by atoms with E-state index in [4.69, 9.17) is 10.00 Å². The lowest BCUT2D eigenvalue weighted by atomic mass is 10.0. The van der Waals surface area contributed by atoms with E-state index in [1.165, 1.54) is 5.56 Å². The van der Waals surface area contributed by atoms with Crippen molar-refractivity contribution in [2.45, 2.75) is 13.3 Å². The molecule has 0 aliphatic carbocycles. The van der Waals surface area contributed by atoms with Crippen molar-refractivity contribution < 1.29 is 4.74 Å². The first kappa shape index (κ1) is 12.2. The van der Waals surface area contributed by atoms with Gasteiger partial charge >= 0.3 is 0 Å². The summed E-state index contributed by atoms with van der Waals surface area (Å²) >= 11 is 0. The minimum absolute atomic E-state index is 0.372. The SMILES string of the molecule is COc1cc(-c2ccc(C)cc2)ccc1CC#N. The quantitative estimate of drug-likeness (QED) is 0.814. The second-order valence-corrected chi connectivity index (χ2v) is 4.23. The molecule has 0 saturated heterocycles. The van der Waals surface area contributed by atoms with Crippen molar-refractivity contribution in [2.24, 2.45) is 0 Å². The summed E-state index contributed by atoms with van der Waals surface area (Å²) in [6.45, 7) is 2.07. The van der Waals surface area contributed by atoms with E-state index in [1.807, 2.05) is 18.2 Å². The third-order valence-electron chi connectivity index (χ3n) is 2.94. The van der Waals surface area contributed by atoms with Gasteiger partial charge in [-0.25, -0.2) is 0 Å². The van der Waals surface area contributed by atoms with Crippen LogP contribution in [0.15, 0.2) is 42.5 Å². The molecule has 0 radical (unpaired) electrons. The largest absolute Gasteiger partial charge is 0.496 e. The maximum absolute atomic E-state index is 8.75. The van der Waals surface area contributed by atoms with Crippen LogP contribution in [0.1, 0.15) is 11.1 Å². The van der Waals surface area contributed by atoms with E-state index in [9.17, 15) is 0 Å². The van der Waals surface area contributed by atoms with Crippen molar-refractivity contribution in [1.82, 2.24) is 0 Å². The van der Waals surface area contributed by atoms with Gasteiger partial charge in [-0.3, -0.25) is 0 Å². The summed E-state index contributed by atoms with van der Waals surface area (Å²) in [6.07, 6.45) is 0.372. The van der Waals surface area contributed by atoms with E-state index in [2.05, 4.69) is 37.3 Å². The highest BCUT2D eigenvalue weighted by Crippen LogP contribution is 2.27. The second-order valence-electron chi connectivity index (χ2n) is 4.23. The highest BCUT2D eigenvalue weighted by Gasteiger charge is 2.05. The maximum atomic E-state index is 8.75. The molecule has 2 rings (SSSR count). The minimum Gasteiger partial charge on any atom is -0.496 e. The van der Waals surface area contributed by atoms with Crippen LogP contribution in [-0.4, -0.2) is 7.11 Å². The average molecular weight is 237 g/mol. The summed E-state index contributed by atoms with van der Waals surface area (Å²) in [6, 6.07) is 16.5. The fraction of sp³-hybridized carbons (Fsp3) is 0.188. The first-order valence-electron chi connectivity index (χ1n) is 5.85. The topological polar surface area (TPSA) is 33.0 Å². The molecule has 0 N–H and O–H groups in total. The molecule has 90 valence electrons. The number of methoxy groups -OCH3 is 1. The molecule has 2 aromatic carbocycles. The fourth-order valence-corrected chi connectivity index (χ4v) is 1.90. The van der Waals surface area contributed by atoms with E-state index in [0.717, 1.165) is 22.4 Å². The minimum atomic E-state index is 0.372. The molecule has 0 aliphatic heterocycles. The summed E-state index contributed by atoms with van der Waals surface area (Å²) in [5.41, 5.74) is 4.43. The van der Waals surface area contributed by atoms with Crippen LogP contribution in [-0.2, 0) is 6.42 Å². The van der Waals surface area contributed by atoms with Crippen LogP contribution in [0, 0.1) is 18.3 Å². The number of nitrogens with zero attached hydrogens (tertiary/aromatic N) is 1. The van der Waals surface area contributed by atoms with Crippen LogP contribution in [0.4, 0.5) is 0 Å². The fourth-order valence-electron chi connectivity index (χ4n) is 1.90. The molecule has 2 nitrogen and oxygen atoms in total. The molecule has 0 saturated carbocycles. The molecular weight excluding hydrogens is 222 g/mol. The normalized spacial score (nSPS) is 9.83. The summed E-state index contributed by atoms with van der Waals surface area (Å²) < 4.78 is 5.33. The third kappa shape index (κ3) is 2.52. The number of aryl methyl sites for hydroxylation is 1. The monoisotopic (exact) mass is 237 g/mol. The van der Waals surface area contributed by atoms with Gasteiger partial charge in [0.2, 0.25) is 0 Å². The lowest BCUT2D eigenvalue weighted by Gasteiger charge is -2.09. The third-order valence-corrected chi connectivity index (χ3v) is 2.94. The van der Waals surface area contributed by atoms with Gasteiger partial charge in [-0.1, -0.05) is 42.0 Å². The number of hydrogen-bond acceptors (Lipinski definition) is 2. The Morgan fingerprint density at radius 3 is 2.33 bits per heavy atom. The highest BCUT2D eigenvalue weighted by atomic mass is 16.5. The standard InChI is InChI=1S/C16H15NO/c1-12-3-5-13(6-4-12)15-8-7-14(9-10-17)16(11-15)18-2/h3-8,11H,9H2,1-2H3. The number of benzene rings is 2. The highest BCUT2D eigenvalue weighted by molar-refractivity contribution is 5.66. The number of nitriles is 1. The van der Waals surface area contributed by atoms with Crippen molar-refractivity contribution in [3.05, 3.63) is 53.6 Å². The van der Waals surface area contributed by atoms with Crippen molar-refractivity contribution in [3.63, 3.8) is 0 Å². The molecule has 0 fully saturated rings. The van der Waals surface area contributed by atoms with E-state index in [-0.39, 0.29) is 0 Å². The van der Waals surface area contributed by atoms with Gasteiger partial charge in [0.05, 0.1) is 19.6 Å². The molecule has 0 aliphatic rings. The molecule has 0 aromatic heterocycles. The van der Waals surface area contributed by atoms with Gasteiger partial charge in [-0.15, -0.1) is 0 Å². The second kappa shape index (κ2) is 5.37. The summed E-state index contributed by atoms with van der Waals surface area (Å²) in [7, 11) is 1.63. The van der Waals surface area contributed by atoms with Gasteiger partial charge in [-0.05, 0) is 24.1 Å². The van der Waals surface area contributed by atoms with Crippen molar-refractivity contribution >= 4 is 0 Å². The van der Waals surface area contributed by atoms with Crippen LogP contribution >= 0.6 is 0 Å². The maximum Gasteiger partial charge on any atom is 0.123 e. The Morgan fingerprint density at radius 1 is 1.06 bits per heavy atom. The molecule has 2 heteroatoms. The Kier molecular flexibility index (Phi) is 3.64. The summed E-state index contributed by atoms with van der Waals surface area (Å²) in [4.78, 5) is 0. The van der Waals surface area contributed by atoms with E-state index in [1.54, 1.807) is 7.11 Å². The average Bonchev–Trinajstić information content (AvgIpc) is 2.40. The molecule has 0 amide bonds. The number of hydrogen-bond donors (Lipinski definition) is 0. The molecule has 2 aromatic rings. The molecule has 0 atom stereocenters. The summed E-state index contributed by atoms with van der Waals surface area (Å²) in [5, 5.41) is 8.75. The van der Waals surface area contributed by atoms with Crippen LogP contribution in [0.25, 0.3) is 11.1 Å². The van der Waals surface area contributed by atoms with Crippen molar-refractivity contribution in [1.29, 1.82) is 5.26 Å². The predicted octanol–water partition coefficient (Wildman–Crippen LogP) is 3.74. The molecule has 0 unspecified atom stereocenters. The van der Waals surface area contributed by atoms with Gasteiger partial charge in [0.15, 0.2) is 0 Å². The van der Waals surface area contributed by atoms with Crippen molar-refractivity contribution in [3.8, 4) is 22.9 Å². The zero-order chi connectivity index (χ0) is 13.0. The lowest BCUT2D eigenvalue weighted by molar-refractivity contribution is 0.411. The Balaban J connectivity index is 2.41. The van der Waals surface area contributed by atoms with Gasteiger partial charge in [-0.2, -0.15) is 5.26 Å². The van der Waals surface area contributed by atoms with E-state index >= 15 is 0 Å². The Hall–Kier alpha value is -2.27. The molecule has 18 heavy (non-hydrogen) atoms. The smallest absolute Gasteiger partial charge is 0.123 e. The first-order chi connectivity index (χ1) is 8.74. The Labute approximate surface area is 107 Å². The first-order valence-corrected chi connectivity index (χ1v) is 5.85. The molecule has 0 spiro atoms. The van der Waals surface area contributed by atoms with Crippen molar-refractivity contribution in [2.75, 3.05) is 7.11 Å². The summed E-state index contributed by atoms with van der Waals surface area (Å²) in [5.74, 6) is 0.773. The molecular formula is C16H15NO.